The molecule has 1 amide bonds. The van der Waals surface area contributed by atoms with Gasteiger partial charge in [0.25, 0.3) is 15.9 Å². The molecule has 0 atom stereocenters. The number of amides is 1. The molecule has 2 N–H and O–H groups in total. The van der Waals surface area contributed by atoms with Crippen molar-refractivity contribution in [3.8, 4) is 0 Å². The first-order valence-electron chi connectivity index (χ1n) is 8.28. The van der Waals surface area contributed by atoms with E-state index in [0.717, 1.165) is 11.1 Å². The zero-order valence-corrected chi connectivity index (χ0v) is 16.6. The number of nitrogens with zero attached hydrogens (tertiary/aromatic N) is 2. The number of anilines is 2. The van der Waals surface area contributed by atoms with Gasteiger partial charge in [0.05, 0.1) is 10.6 Å². The molecule has 0 aliphatic rings. The van der Waals surface area contributed by atoms with Gasteiger partial charge < -0.3 is 0 Å². The van der Waals surface area contributed by atoms with Crippen LogP contribution in [0.15, 0.2) is 53.4 Å². The monoisotopic (exact) mass is 420 g/mol. The number of benzene rings is 2. The van der Waals surface area contributed by atoms with E-state index >= 15 is 0 Å². The van der Waals surface area contributed by atoms with E-state index < -0.39 is 21.7 Å². The standard InChI is InChI=1S/C18H17FN4O3S2/c1-11(2)17-21-22-18(27-17)20-16(24)12-6-5-7-13(10-12)28(25,26)23-15-9-4-3-8-14(15)19/h3-11,23H,1-2H3,(H,20,22,24). The van der Waals surface area contributed by atoms with E-state index in [1.54, 1.807) is 0 Å². The Balaban J connectivity index is 1.80. The van der Waals surface area contributed by atoms with Crippen molar-refractivity contribution in [3.05, 3.63) is 64.9 Å². The summed E-state index contributed by atoms with van der Waals surface area (Å²) < 4.78 is 41.0. The number of carbonyl (C=O) groups is 1. The molecule has 1 heterocycles. The molecule has 1 aromatic heterocycles. The number of hydrogen-bond acceptors (Lipinski definition) is 6. The highest BCUT2D eigenvalue weighted by Gasteiger charge is 2.19. The minimum Gasteiger partial charge on any atom is -0.296 e. The van der Waals surface area contributed by atoms with Gasteiger partial charge in [-0.2, -0.15) is 0 Å². The Morgan fingerprint density at radius 3 is 2.54 bits per heavy atom. The average Bonchev–Trinajstić information content (AvgIpc) is 3.12. The Kier molecular flexibility index (Phi) is 5.71. The number of sulfonamides is 1. The van der Waals surface area contributed by atoms with Crippen molar-refractivity contribution in [1.82, 2.24) is 10.2 Å². The number of hydrogen-bond donors (Lipinski definition) is 2. The maximum Gasteiger partial charge on any atom is 0.262 e. The second kappa shape index (κ2) is 8.03. The molecule has 0 aliphatic carbocycles. The summed E-state index contributed by atoms with van der Waals surface area (Å²) in [6, 6.07) is 10.9. The van der Waals surface area contributed by atoms with Crippen molar-refractivity contribution in [1.29, 1.82) is 0 Å². The molecule has 0 saturated carbocycles. The Labute approximate surface area is 165 Å². The highest BCUT2D eigenvalue weighted by atomic mass is 32.2. The topological polar surface area (TPSA) is 101 Å². The smallest absolute Gasteiger partial charge is 0.262 e. The van der Waals surface area contributed by atoms with E-state index in [1.807, 2.05) is 13.8 Å². The molecule has 0 aliphatic heterocycles. The van der Waals surface area contributed by atoms with Crippen LogP contribution in [0, 0.1) is 5.82 Å². The van der Waals surface area contributed by atoms with Gasteiger partial charge in [-0.3, -0.25) is 14.8 Å². The van der Waals surface area contributed by atoms with Crippen LogP contribution >= 0.6 is 11.3 Å². The molecule has 0 saturated heterocycles. The molecule has 0 radical (unpaired) electrons. The van der Waals surface area contributed by atoms with E-state index in [2.05, 4.69) is 20.2 Å². The Morgan fingerprint density at radius 2 is 1.86 bits per heavy atom. The summed E-state index contributed by atoms with van der Waals surface area (Å²) in [4.78, 5) is 12.3. The summed E-state index contributed by atoms with van der Waals surface area (Å²) in [6.07, 6.45) is 0. The van der Waals surface area contributed by atoms with Crippen LogP contribution in [-0.2, 0) is 10.0 Å². The predicted octanol–water partition coefficient (Wildman–Crippen LogP) is 3.85. The van der Waals surface area contributed by atoms with Gasteiger partial charge >= 0.3 is 0 Å². The van der Waals surface area contributed by atoms with E-state index in [0.29, 0.717) is 5.13 Å². The molecular weight excluding hydrogens is 403 g/mol. The summed E-state index contributed by atoms with van der Waals surface area (Å²) in [5.74, 6) is -1.03. The number of para-hydroxylation sites is 1. The van der Waals surface area contributed by atoms with E-state index in [9.17, 15) is 17.6 Å². The van der Waals surface area contributed by atoms with Gasteiger partial charge in [0.1, 0.15) is 10.8 Å². The zero-order chi connectivity index (χ0) is 20.3. The number of aromatic nitrogens is 2. The van der Waals surface area contributed by atoms with Gasteiger partial charge in [-0.05, 0) is 30.3 Å². The molecule has 0 fully saturated rings. The lowest BCUT2D eigenvalue weighted by molar-refractivity contribution is 0.102. The van der Waals surface area contributed by atoms with Gasteiger partial charge in [0, 0.05) is 11.5 Å². The SMILES string of the molecule is CC(C)c1nnc(NC(=O)c2cccc(S(=O)(=O)Nc3ccccc3F)c2)s1. The third kappa shape index (κ3) is 4.52. The molecule has 28 heavy (non-hydrogen) atoms. The first-order chi connectivity index (χ1) is 13.3. The number of carbonyl (C=O) groups excluding carboxylic acids is 1. The zero-order valence-electron chi connectivity index (χ0n) is 15.0. The van der Waals surface area contributed by atoms with Crippen LogP contribution in [-0.4, -0.2) is 24.5 Å². The van der Waals surface area contributed by atoms with Crippen LogP contribution in [0.5, 0.6) is 0 Å². The summed E-state index contributed by atoms with van der Waals surface area (Å²) in [5.41, 5.74) is -0.0508. The lowest BCUT2D eigenvalue weighted by Gasteiger charge is -2.10. The van der Waals surface area contributed by atoms with Gasteiger partial charge in [-0.25, -0.2) is 12.8 Å². The van der Waals surface area contributed by atoms with Crippen molar-refractivity contribution in [2.45, 2.75) is 24.7 Å². The Morgan fingerprint density at radius 1 is 1.11 bits per heavy atom. The normalized spacial score (nSPS) is 11.4. The van der Waals surface area contributed by atoms with E-state index in [-0.39, 0.29) is 22.1 Å². The van der Waals surface area contributed by atoms with Crippen molar-refractivity contribution < 1.29 is 17.6 Å². The van der Waals surface area contributed by atoms with Gasteiger partial charge in [0.2, 0.25) is 5.13 Å². The number of rotatable bonds is 6. The molecule has 3 rings (SSSR count). The van der Waals surface area contributed by atoms with Crippen molar-refractivity contribution >= 4 is 38.1 Å². The molecule has 0 unspecified atom stereocenters. The minimum absolute atomic E-state index is 0.123. The van der Waals surface area contributed by atoms with E-state index in [4.69, 9.17) is 0 Å². The predicted molar refractivity (Wildman–Crippen MR) is 106 cm³/mol. The molecule has 0 bridgehead atoms. The van der Waals surface area contributed by atoms with Gasteiger partial charge in [0.15, 0.2) is 0 Å². The molecular formula is C18H17FN4O3S2. The van der Waals surface area contributed by atoms with Crippen LogP contribution in [0.2, 0.25) is 0 Å². The van der Waals surface area contributed by atoms with Crippen LogP contribution in [0.25, 0.3) is 0 Å². The fraction of sp³-hybridized carbons (Fsp3) is 0.167. The molecule has 10 heteroatoms. The van der Waals surface area contributed by atoms with Crippen LogP contribution in [0.3, 0.4) is 0 Å². The van der Waals surface area contributed by atoms with Crippen molar-refractivity contribution in [3.63, 3.8) is 0 Å². The number of halogens is 1. The van der Waals surface area contributed by atoms with Gasteiger partial charge in [-0.15, -0.1) is 10.2 Å². The lowest BCUT2D eigenvalue weighted by Crippen LogP contribution is -2.16. The average molecular weight is 420 g/mol. The van der Waals surface area contributed by atoms with Crippen molar-refractivity contribution in [2.24, 2.45) is 0 Å². The third-order valence-electron chi connectivity index (χ3n) is 3.68. The Bertz CT molecular complexity index is 1110. The highest BCUT2D eigenvalue weighted by molar-refractivity contribution is 7.92. The lowest BCUT2D eigenvalue weighted by atomic mass is 10.2. The highest BCUT2D eigenvalue weighted by Crippen LogP contribution is 2.23. The van der Waals surface area contributed by atoms with Gasteiger partial charge in [-0.1, -0.05) is 43.4 Å². The number of nitrogens with one attached hydrogen (secondary N) is 2. The summed E-state index contributed by atoms with van der Waals surface area (Å²) in [5, 5.41) is 11.6. The first-order valence-corrected chi connectivity index (χ1v) is 10.6. The fourth-order valence-corrected chi connectivity index (χ4v) is 4.09. The molecule has 3 aromatic rings. The maximum absolute atomic E-state index is 13.7. The molecule has 0 spiro atoms. The first kappa shape index (κ1) is 19.9. The molecule has 146 valence electrons. The third-order valence-corrected chi connectivity index (χ3v) is 6.18. The minimum atomic E-state index is -4.07. The van der Waals surface area contributed by atoms with Crippen LogP contribution in [0.4, 0.5) is 15.2 Å². The maximum atomic E-state index is 13.7. The van der Waals surface area contributed by atoms with Crippen LogP contribution < -0.4 is 10.0 Å². The Hall–Kier alpha value is -2.85. The van der Waals surface area contributed by atoms with E-state index in [1.165, 1.54) is 53.8 Å². The quantitative estimate of drug-likeness (QED) is 0.631. The summed E-state index contributed by atoms with van der Waals surface area (Å²) in [6.45, 7) is 3.92. The van der Waals surface area contributed by atoms with Crippen molar-refractivity contribution in [2.75, 3.05) is 10.0 Å². The molecule has 7 nitrogen and oxygen atoms in total. The summed E-state index contributed by atoms with van der Waals surface area (Å²) >= 11 is 1.25. The second-order valence-electron chi connectivity index (χ2n) is 6.17. The second-order valence-corrected chi connectivity index (χ2v) is 8.86. The summed E-state index contributed by atoms with van der Waals surface area (Å²) in [7, 11) is -4.07. The van der Waals surface area contributed by atoms with Crippen LogP contribution in [0.1, 0.15) is 35.1 Å². The fourth-order valence-electron chi connectivity index (χ4n) is 2.24. The largest absolute Gasteiger partial charge is 0.296 e. The molecule has 2 aromatic carbocycles.